The third-order valence-electron chi connectivity index (χ3n) is 1.27. The molecule has 1 rings (SSSR count). The molecule has 0 aliphatic carbocycles. The van der Waals surface area contributed by atoms with Crippen molar-refractivity contribution < 1.29 is 5.11 Å². The fraction of sp³-hybridized carbons (Fsp3) is 0.200. The van der Waals surface area contributed by atoms with E-state index in [4.69, 9.17) is 16.7 Å². The van der Waals surface area contributed by atoms with Crippen molar-refractivity contribution in [1.82, 2.24) is 0 Å². The van der Waals surface area contributed by atoms with Gasteiger partial charge < -0.3 is 5.11 Å². The zero-order chi connectivity index (χ0) is 8.97. The summed E-state index contributed by atoms with van der Waals surface area (Å²) in [5, 5.41) is 9.56. The summed E-state index contributed by atoms with van der Waals surface area (Å²) in [4.78, 5) is 0. The fourth-order valence-electron chi connectivity index (χ4n) is 0.721. The van der Waals surface area contributed by atoms with E-state index in [2.05, 4.69) is 11.8 Å². The van der Waals surface area contributed by atoms with E-state index in [1.165, 1.54) is 0 Å². The van der Waals surface area contributed by atoms with Crippen molar-refractivity contribution in [2.75, 3.05) is 0 Å². The maximum absolute atomic E-state index is 8.87. The number of hydrogen-bond acceptors (Lipinski definition) is 1. The normalized spacial score (nSPS) is 11.6. The maximum atomic E-state index is 8.87. The number of aliphatic hydroxyl groups is 1. The lowest BCUT2D eigenvalue weighted by Crippen LogP contribution is -1.92. The third kappa shape index (κ3) is 2.96. The van der Waals surface area contributed by atoms with Crippen LogP contribution < -0.4 is 0 Å². The number of aliphatic hydroxyl groups excluding tert-OH is 1. The minimum atomic E-state index is -0.583. The Kier molecular flexibility index (Phi) is 3.16. The van der Waals surface area contributed by atoms with Crippen LogP contribution in [0.4, 0.5) is 0 Å². The number of hydrogen-bond donors (Lipinski definition) is 1. The molecule has 0 aliphatic heterocycles. The minimum absolute atomic E-state index is 0.583. The van der Waals surface area contributed by atoms with Gasteiger partial charge in [0.15, 0.2) is 0 Å². The average molecular weight is 181 g/mol. The Morgan fingerprint density at radius 3 is 2.42 bits per heavy atom. The van der Waals surface area contributed by atoms with Crippen molar-refractivity contribution in [1.29, 1.82) is 0 Å². The molecular weight excluding hydrogens is 172 g/mol. The van der Waals surface area contributed by atoms with Crippen LogP contribution in [0.2, 0.25) is 5.02 Å². The second-order valence-electron chi connectivity index (χ2n) is 2.45. The van der Waals surface area contributed by atoms with Crippen LogP contribution in [0.1, 0.15) is 12.5 Å². The van der Waals surface area contributed by atoms with Crippen LogP contribution in [-0.4, -0.2) is 11.2 Å². The molecule has 12 heavy (non-hydrogen) atoms. The Labute approximate surface area is 77.0 Å². The molecule has 0 bridgehead atoms. The molecular formula is C10H9ClO. The van der Waals surface area contributed by atoms with Gasteiger partial charge in [-0.2, -0.15) is 0 Å². The molecule has 2 heteroatoms. The van der Waals surface area contributed by atoms with Gasteiger partial charge in [-0.1, -0.05) is 23.4 Å². The molecule has 0 radical (unpaired) electrons. The van der Waals surface area contributed by atoms with Crippen molar-refractivity contribution >= 4 is 11.6 Å². The highest BCUT2D eigenvalue weighted by molar-refractivity contribution is 6.30. The molecule has 0 aliphatic rings. The Morgan fingerprint density at radius 1 is 1.33 bits per heavy atom. The van der Waals surface area contributed by atoms with Gasteiger partial charge in [-0.3, -0.25) is 0 Å². The predicted octanol–water partition coefficient (Wildman–Crippen LogP) is 2.07. The van der Waals surface area contributed by atoms with Gasteiger partial charge in [0.1, 0.15) is 6.10 Å². The minimum Gasteiger partial charge on any atom is -0.381 e. The third-order valence-corrected chi connectivity index (χ3v) is 1.52. The molecule has 0 amide bonds. The Hall–Kier alpha value is -0.970. The number of halogens is 1. The Bertz CT molecular complexity index is 303. The standard InChI is InChI=1S/C10H9ClO/c1-8(12)2-3-9-4-6-10(11)7-5-9/h4-8,12H,1H3/t8-/m0/s1. The average Bonchev–Trinajstić information content (AvgIpc) is 2.03. The highest BCUT2D eigenvalue weighted by Crippen LogP contribution is 2.08. The maximum Gasteiger partial charge on any atom is 0.112 e. The summed E-state index contributed by atoms with van der Waals surface area (Å²) in [6.07, 6.45) is -0.583. The summed E-state index contributed by atoms with van der Waals surface area (Å²) < 4.78 is 0. The summed E-state index contributed by atoms with van der Waals surface area (Å²) in [5.74, 6) is 5.46. The molecule has 1 atom stereocenters. The van der Waals surface area contributed by atoms with Crippen LogP contribution in [0.3, 0.4) is 0 Å². The van der Waals surface area contributed by atoms with Gasteiger partial charge in [0, 0.05) is 10.6 Å². The van der Waals surface area contributed by atoms with Crippen LogP contribution in [0.25, 0.3) is 0 Å². The molecule has 0 saturated carbocycles. The van der Waals surface area contributed by atoms with E-state index in [0.29, 0.717) is 5.02 Å². The monoisotopic (exact) mass is 180 g/mol. The second-order valence-corrected chi connectivity index (χ2v) is 2.89. The largest absolute Gasteiger partial charge is 0.381 e. The van der Waals surface area contributed by atoms with Gasteiger partial charge in [0.05, 0.1) is 0 Å². The topological polar surface area (TPSA) is 20.2 Å². The van der Waals surface area contributed by atoms with Crippen LogP contribution >= 0.6 is 11.6 Å². The first-order valence-electron chi connectivity index (χ1n) is 3.63. The van der Waals surface area contributed by atoms with E-state index in [-0.39, 0.29) is 0 Å². The summed E-state index contributed by atoms with van der Waals surface area (Å²) in [6, 6.07) is 7.18. The van der Waals surface area contributed by atoms with Gasteiger partial charge in [-0.15, -0.1) is 0 Å². The van der Waals surface area contributed by atoms with Gasteiger partial charge in [0.25, 0.3) is 0 Å². The van der Waals surface area contributed by atoms with E-state index in [0.717, 1.165) is 5.56 Å². The van der Waals surface area contributed by atoms with E-state index in [1.807, 2.05) is 12.1 Å². The van der Waals surface area contributed by atoms with E-state index < -0.39 is 6.10 Å². The molecule has 1 aromatic rings. The van der Waals surface area contributed by atoms with Crippen molar-refractivity contribution in [3.8, 4) is 11.8 Å². The zero-order valence-electron chi connectivity index (χ0n) is 6.71. The van der Waals surface area contributed by atoms with Crippen molar-refractivity contribution in [2.24, 2.45) is 0 Å². The number of benzene rings is 1. The predicted molar refractivity (Wildman–Crippen MR) is 50.0 cm³/mol. The molecule has 0 spiro atoms. The first-order chi connectivity index (χ1) is 5.68. The molecule has 1 aromatic carbocycles. The summed E-state index contributed by atoms with van der Waals surface area (Å²) in [7, 11) is 0. The van der Waals surface area contributed by atoms with Crippen LogP contribution in [-0.2, 0) is 0 Å². The molecule has 1 nitrogen and oxygen atoms in total. The molecule has 1 N–H and O–H groups in total. The first-order valence-corrected chi connectivity index (χ1v) is 4.01. The van der Waals surface area contributed by atoms with Crippen molar-refractivity contribution in [3.63, 3.8) is 0 Å². The van der Waals surface area contributed by atoms with Gasteiger partial charge >= 0.3 is 0 Å². The van der Waals surface area contributed by atoms with E-state index in [9.17, 15) is 0 Å². The lowest BCUT2D eigenvalue weighted by molar-refractivity contribution is 0.253. The first kappa shape index (κ1) is 9.12. The lowest BCUT2D eigenvalue weighted by atomic mass is 10.2. The highest BCUT2D eigenvalue weighted by Gasteiger charge is 1.88. The van der Waals surface area contributed by atoms with Crippen molar-refractivity contribution in [2.45, 2.75) is 13.0 Å². The van der Waals surface area contributed by atoms with Crippen molar-refractivity contribution in [3.05, 3.63) is 34.9 Å². The molecule has 0 saturated heterocycles. The summed E-state index contributed by atoms with van der Waals surface area (Å²) >= 11 is 5.68. The van der Waals surface area contributed by atoms with Crippen LogP contribution in [0.15, 0.2) is 24.3 Å². The second kappa shape index (κ2) is 4.15. The molecule has 0 fully saturated rings. The molecule has 0 heterocycles. The van der Waals surface area contributed by atoms with Crippen LogP contribution in [0.5, 0.6) is 0 Å². The number of rotatable bonds is 0. The highest BCUT2D eigenvalue weighted by atomic mass is 35.5. The molecule has 0 unspecified atom stereocenters. The summed E-state index contributed by atoms with van der Waals surface area (Å²) in [5.41, 5.74) is 0.861. The van der Waals surface area contributed by atoms with Gasteiger partial charge in [0.2, 0.25) is 0 Å². The fourth-order valence-corrected chi connectivity index (χ4v) is 0.847. The SMILES string of the molecule is C[C@H](O)C#Cc1ccc(Cl)cc1. The Balaban J connectivity index is 2.79. The van der Waals surface area contributed by atoms with E-state index >= 15 is 0 Å². The van der Waals surface area contributed by atoms with Gasteiger partial charge in [-0.25, -0.2) is 0 Å². The zero-order valence-corrected chi connectivity index (χ0v) is 7.47. The summed E-state index contributed by atoms with van der Waals surface area (Å²) in [6.45, 7) is 1.63. The van der Waals surface area contributed by atoms with Crippen LogP contribution in [0, 0.1) is 11.8 Å². The quantitative estimate of drug-likeness (QED) is 0.606. The Morgan fingerprint density at radius 2 is 1.92 bits per heavy atom. The lowest BCUT2D eigenvalue weighted by Gasteiger charge is -1.91. The van der Waals surface area contributed by atoms with Gasteiger partial charge in [-0.05, 0) is 31.2 Å². The smallest absolute Gasteiger partial charge is 0.112 e. The molecule has 62 valence electrons. The molecule has 0 aromatic heterocycles. The van der Waals surface area contributed by atoms with E-state index in [1.54, 1.807) is 19.1 Å².